The summed E-state index contributed by atoms with van der Waals surface area (Å²) < 4.78 is 6.75. The van der Waals surface area contributed by atoms with Crippen molar-refractivity contribution >= 4 is 15.9 Å². The van der Waals surface area contributed by atoms with Crippen molar-refractivity contribution in [1.29, 1.82) is 0 Å². The molecule has 0 radical (unpaired) electrons. The lowest BCUT2D eigenvalue weighted by Crippen LogP contribution is -2.14. The Morgan fingerprint density at radius 2 is 2.29 bits per heavy atom. The molecule has 0 aliphatic rings. The second kappa shape index (κ2) is 8.31. The molecular weight excluding hydrogens is 278 g/mol. The summed E-state index contributed by atoms with van der Waals surface area (Å²) in [5, 5.41) is 3.38. The van der Waals surface area contributed by atoms with Crippen LogP contribution in [0.3, 0.4) is 0 Å². The molecule has 0 saturated carbocycles. The molecule has 3 heteroatoms. The van der Waals surface area contributed by atoms with Crippen LogP contribution < -0.4 is 10.1 Å². The van der Waals surface area contributed by atoms with Gasteiger partial charge < -0.3 is 10.1 Å². The predicted octanol–water partition coefficient (Wildman–Crippen LogP) is 3.90. The van der Waals surface area contributed by atoms with Crippen molar-refractivity contribution in [2.24, 2.45) is 0 Å². The average Bonchev–Trinajstić information content (AvgIpc) is 2.33. The Kier molecular flexibility index (Phi) is 6.97. The summed E-state index contributed by atoms with van der Waals surface area (Å²) in [6, 6.07) is 6.10. The van der Waals surface area contributed by atoms with Gasteiger partial charge in [0.05, 0.1) is 6.61 Å². The maximum Gasteiger partial charge on any atom is 0.119 e. The van der Waals surface area contributed by atoms with Crippen LogP contribution in [0.2, 0.25) is 0 Å². The second-order valence-electron chi connectivity index (χ2n) is 3.86. The van der Waals surface area contributed by atoms with Crippen LogP contribution in [-0.4, -0.2) is 13.2 Å². The lowest BCUT2D eigenvalue weighted by molar-refractivity contribution is 0.324. The standard InChI is InChI=1S/C14H20BrNO/c1-3-5-9-17-13-6-7-14(15)12(10-13)11-16-8-4-2/h3,6-7,10,16H,1,4-5,8-9,11H2,2H3. The molecule has 0 aromatic heterocycles. The van der Waals surface area contributed by atoms with Gasteiger partial charge in [0.2, 0.25) is 0 Å². The molecule has 1 aromatic rings. The summed E-state index contributed by atoms with van der Waals surface area (Å²) in [4.78, 5) is 0. The lowest BCUT2D eigenvalue weighted by Gasteiger charge is -2.10. The van der Waals surface area contributed by atoms with E-state index in [9.17, 15) is 0 Å². The number of nitrogens with one attached hydrogen (secondary N) is 1. The zero-order valence-electron chi connectivity index (χ0n) is 10.3. The van der Waals surface area contributed by atoms with E-state index in [1.54, 1.807) is 0 Å². The highest BCUT2D eigenvalue weighted by atomic mass is 79.9. The van der Waals surface area contributed by atoms with Crippen LogP contribution in [0.25, 0.3) is 0 Å². The van der Waals surface area contributed by atoms with E-state index in [0.717, 1.165) is 36.2 Å². The minimum atomic E-state index is 0.687. The van der Waals surface area contributed by atoms with Gasteiger partial charge >= 0.3 is 0 Å². The van der Waals surface area contributed by atoms with Crippen LogP contribution in [0.1, 0.15) is 25.3 Å². The maximum atomic E-state index is 5.63. The summed E-state index contributed by atoms with van der Waals surface area (Å²) >= 11 is 3.55. The molecule has 0 saturated heterocycles. The Morgan fingerprint density at radius 1 is 1.47 bits per heavy atom. The molecule has 1 aromatic carbocycles. The van der Waals surface area contributed by atoms with Crippen LogP contribution in [0.15, 0.2) is 35.3 Å². The van der Waals surface area contributed by atoms with Crippen LogP contribution in [-0.2, 0) is 6.54 Å². The molecule has 0 fully saturated rings. The molecule has 0 heterocycles. The third-order valence-corrected chi connectivity index (χ3v) is 3.12. The molecule has 0 atom stereocenters. The van der Waals surface area contributed by atoms with E-state index in [1.807, 2.05) is 18.2 Å². The van der Waals surface area contributed by atoms with E-state index in [1.165, 1.54) is 5.56 Å². The second-order valence-corrected chi connectivity index (χ2v) is 4.71. The summed E-state index contributed by atoms with van der Waals surface area (Å²) in [7, 11) is 0. The number of hydrogen-bond acceptors (Lipinski definition) is 2. The number of rotatable bonds is 8. The van der Waals surface area contributed by atoms with Gasteiger partial charge in [-0.15, -0.1) is 6.58 Å². The van der Waals surface area contributed by atoms with E-state index in [4.69, 9.17) is 4.74 Å². The minimum Gasteiger partial charge on any atom is -0.493 e. The van der Waals surface area contributed by atoms with Crippen molar-refractivity contribution in [1.82, 2.24) is 5.32 Å². The van der Waals surface area contributed by atoms with Gasteiger partial charge in [0.25, 0.3) is 0 Å². The topological polar surface area (TPSA) is 21.3 Å². The first-order chi connectivity index (χ1) is 8.27. The summed E-state index contributed by atoms with van der Waals surface area (Å²) in [5.41, 5.74) is 1.23. The molecule has 17 heavy (non-hydrogen) atoms. The molecular formula is C14H20BrNO. The maximum absolute atomic E-state index is 5.63. The highest BCUT2D eigenvalue weighted by Gasteiger charge is 2.02. The highest BCUT2D eigenvalue weighted by molar-refractivity contribution is 9.10. The molecule has 1 rings (SSSR count). The van der Waals surface area contributed by atoms with E-state index >= 15 is 0 Å². The van der Waals surface area contributed by atoms with Gasteiger partial charge in [-0.2, -0.15) is 0 Å². The van der Waals surface area contributed by atoms with Crippen LogP contribution in [0.4, 0.5) is 0 Å². The average molecular weight is 298 g/mol. The first kappa shape index (κ1) is 14.3. The van der Waals surface area contributed by atoms with Gasteiger partial charge in [0, 0.05) is 11.0 Å². The van der Waals surface area contributed by atoms with Crippen LogP contribution >= 0.6 is 15.9 Å². The van der Waals surface area contributed by atoms with Gasteiger partial charge in [-0.1, -0.05) is 28.9 Å². The Balaban J connectivity index is 2.55. The van der Waals surface area contributed by atoms with Gasteiger partial charge in [-0.05, 0) is 43.1 Å². The van der Waals surface area contributed by atoms with Crippen molar-refractivity contribution in [2.45, 2.75) is 26.3 Å². The zero-order chi connectivity index (χ0) is 12.5. The van der Waals surface area contributed by atoms with Crippen molar-refractivity contribution in [3.63, 3.8) is 0 Å². The summed E-state index contributed by atoms with van der Waals surface area (Å²) in [5.74, 6) is 0.920. The van der Waals surface area contributed by atoms with Gasteiger partial charge in [0.1, 0.15) is 5.75 Å². The van der Waals surface area contributed by atoms with E-state index < -0.39 is 0 Å². The third-order valence-electron chi connectivity index (χ3n) is 2.35. The summed E-state index contributed by atoms with van der Waals surface area (Å²) in [6.45, 7) is 8.43. The Bertz CT molecular complexity index is 352. The van der Waals surface area contributed by atoms with Gasteiger partial charge in [0.15, 0.2) is 0 Å². The number of halogens is 1. The first-order valence-electron chi connectivity index (χ1n) is 6.00. The molecule has 0 aliphatic carbocycles. The Hall–Kier alpha value is -0.800. The highest BCUT2D eigenvalue weighted by Crippen LogP contribution is 2.22. The SMILES string of the molecule is C=CCCOc1ccc(Br)c(CNCCC)c1. The van der Waals surface area contributed by atoms with E-state index in [-0.39, 0.29) is 0 Å². The molecule has 94 valence electrons. The fraction of sp³-hybridized carbons (Fsp3) is 0.429. The normalized spacial score (nSPS) is 10.2. The molecule has 0 bridgehead atoms. The van der Waals surface area contributed by atoms with Crippen molar-refractivity contribution in [3.8, 4) is 5.75 Å². The molecule has 2 nitrogen and oxygen atoms in total. The lowest BCUT2D eigenvalue weighted by atomic mass is 10.2. The monoisotopic (exact) mass is 297 g/mol. The fourth-order valence-corrected chi connectivity index (χ4v) is 1.82. The fourth-order valence-electron chi connectivity index (χ4n) is 1.44. The van der Waals surface area contributed by atoms with Crippen molar-refractivity contribution in [3.05, 3.63) is 40.9 Å². The number of benzene rings is 1. The number of hydrogen-bond donors (Lipinski definition) is 1. The minimum absolute atomic E-state index is 0.687. The Labute approximate surface area is 112 Å². The molecule has 0 unspecified atom stereocenters. The molecule has 0 amide bonds. The quantitative estimate of drug-likeness (QED) is 0.580. The van der Waals surface area contributed by atoms with Crippen molar-refractivity contribution in [2.75, 3.05) is 13.2 Å². The Morgan fingerprint density at radius 3 is 3.00 bits per heavy atom. The molecule has 1 N–H and O–H groups in total. The van der Waals surface area contributed by atoms with Gasteiger partial charge in [-0.3, -0.25) is 0 Å². The third kappa shape index (κ3) is 5.37. The zero-order valence-corrected chi connectivity index (χ0v) is 11.9. The van der Waals surface area contributed by atoms with Gasteiger partial charge in [-0.25, -0.2) is 0 Å². The van der Waals surface area contributed by atoms with E-state index in [0.29, 0.717) is 6.61 Å². The predicted molar refractivity (Wildman–Crippen MR) is 76.4 cm³/mol. The summed E-state index contributed by atoms with van der Waals surface area (Å²) in [6.07, 6.45) is 3.88. The molecule has 0 spiro atoms. The van der Waals surface area contributed by atoms with Crippen LogP contribution in [0, 0.1) is 0 Å². The smallest absolute Gasteiger partial charge is 0.119 e. The van der Waals surface area contributed by atoms with Crippen molar-refractivity contribution < 1.29 is 4.74 Å². The largest absolute Gasteiger partial charge is 0.493 e. The van der Waals surface area contributed by atoms with E-state index in [2.05, 4.69) is 40.8 Å². The molecule has 0 aliphatic heterocycles. The first-order valence-corrected chi connectivity index (χ1v) is 6.80. The van der Waals surface area contributed by atoms with Crippen LogP contribution in [0.5, 0.6) is 5.75 Å². The number of ether oxygens (including phenoxy) is 1.